The molecule has 2 aromatic heterocycles. The molecule has 0 bridgehead atoms. The molecule has 3 aromatic rings. The number of Topliss-reactive ketones (excluding diaryl/α,β-unsaturated/α-hetero) is 1. The highest BCUT2D eigenvalue weighted by Crippen LogP contribution is 2.47. The number of rotatable bonds is 5. The van der Waals surface area contributed by atoms with Gasteiger partial charge in [0.1, 0.15) is 16.7 Å². The van der Waals surface area contributed by atoms with Gasteiger partial charge in [0.2, 0.25) is 0 Å². The molecule has 4 nitrogen and oxygen atoms in total. The Bertz CT molecular complexity index is 1190. The molecule has 1 unspecified atom stereocenters. The zero-order valence-corrected chi connectivity index (χ0v) is 20.8. The summed E-state index contributed by atoms with van der Waals surface area (Å²) < 4.78 is 6.31. The number of thiophene rings is 1. The van der Waals surface area contributed by atoms with Crippen molar-refractivity contribution in [3.05, 3.63) is 45.5 Å². The highest BCUT2D eigenvalue weighted by molar-refractivity contribution is 7.19. The van der Waals surface area contributed by atoms with Crippen LogP contribution in [0.15, 0.2) is 18.2 Å². The van der Waals surface area contributed by atoms with Crippen molar-refractivity contribution in [3.8, 4) is 16.9 Å². The van der Waals surface area contributed by atoms with E-state index in [0.29, 0.717) is 0 Å². The summed E-state index contributed by atoms with van der Waals surface area (Å²) in [6.07, 6.45) is 4.52. The number of nitrogens with zero attached hydrogens (tertiary/aromatic N) is 1. The number of hydrogen-bond donors (Lipinski definition) is 1. The van der Waals surface area contributed by atoms with E-state index in [1.54, 1.807) is 18.3 Å². The normalized spacial score (nSPS) is 15.1. The number of aromatic hydroxyl groups is 1. The Balaban J connectivity index is 2.10. The second-order valence-corrected chi connectivity index (χ2v) is 10.9. The fourth-order valence-corrected chi connectivity index (χ4v) is 6.04. The number of pyridine rings is 1. The molecule has 0 spiro atoms. The minimum Gasteiger partial charge on any atom is -0.507 e. The van der Waals surface area contributed by atoms with Crippen LogP contribution in [-0.2, 0) is 28.8 Å². The van der Waals surface area contributed by atoms with Crippen LogP contribution >= 0.6 is 11.3 Å². The van der Waals surface area contributed by atoms with Gasteiger partial charge in [-0.25, -0.2) is 4.98 Å². The van der Waals surface area contributed by atoms with E-state index in [9.17, 15) is 9.90 Å². The summed E-state index contributed by atoms with van der Waals surface area (Å²) in [6, 6.07) is 5.90. The molecule has 1 N–H and O–H groups in total. The van der Waals surface area contributed by atoms with Crippen LogP contribution in [0.1, 0.15) is 80.8 Å². The summed E-state index contributed by atoms with van der Waals surface area (Å²) >= 11 is 1.76. The van der Waals surface area contributed by atoms with E-state index >= 15 is 0 Å². The topological polar surface area (TPSA) is 59.4 Å². The fourth-order valence-electron chi connectivity index (χ4n) is 4.72. The lowest BCUT2D eigenvalue weighted by atomic mass is 9.86. The number of hydrogen-bond acceptors (Lipinski definition) is 5. The maximum absolute atomic E-state index is 12.9. The smallest absolute Gasteiger partial charge is 0.163 e. The van der Waals surface area contributed by atoms with Crippen LogP contribution in [0.3, 0.4) is 0 Å². The van der Waals surface area contributed by atoms with Gasteiger partial charge in [-0.15, -0.1) is 11.3 Å². The third kappa shape index (κ3) is 4.20. The molecule has 5 heteroatoms. The van der Waals surface area contributed by atoms with Gasteiger partial charge < -0.3 is 9.84 Å². The Hall–Kier alpha value is -2.24. The predicted molar refractivity (Wildman–Crippen MR) is 132 cm³/mol. The molecule has 0 amide bonds. The van der Waals surface area contributed by atoms with Crippen molar-refractivity contribution in [1.29, 1.82) is 0 Å². The van der Waals surface area contributed by atoms with Gasteiger partial charge in [-0.1, -0.05) is 19.1 Å². The van der Waals surface area contributed by atoms with E-state index in [1.165, 1.54) is 16.9 Å². The molecule has 4 rings (SSSR count). The number of phenolic OH excluding ortho intramolecular Hbond substituents is 1. The van der Waals surface area contributed by atoms with Gasteiger partial charge in [-0.05, 0) is 83.9 Å². The number of ether oxygens (including phenoxy) is 1. The van der Waals surface area contributed by atoms with Gasteiger partial charge in [0, 0.05) is 32.6 Å². The zero-order chi connectivity index (χ0) is 23.2. The lowest BCUT2D eigenvalue weighted by molar-refractivity contribution is -0.138. The van der Waals surface area contributed by atoms with Gasteiger partial charge in [0.25, 0.3) is 0 Å². The van der Waals surface area contributed by atoms with Gasteiger partial charge in [-0.2, -0.15) is 0 Å². The molecule has 0 fully saturated rings. The minimum absolute atomic E-state index is 0.0563. The number of fused-ring (bicyclic) bond motifs is 3. The third-order valence-electron chi connectivity index (χ3n) is 6.17. The van der Waals surface area contributed by atoms with Crippen LogP contribution in [-0.4, -0.2) is 21.5 Å². The Morgan fingerprint density at radius 1 is 1.25 bits per heavy atom. The number of carbonyl (C=O) groups excluding carboxylic acids is 1. The SMILES string of the molecule is CCc1ccc(-c2c(C(OC(C)(C)C)C(C)=O)c(C)nc3sc4c(c23)CCCC4)c(O)c1. The Labute approximate surface area is 194 Å². The summed E-state index contributed by atoms with van der Waals surface area (Å²) in [7, 11) is 0. The summed E-state index contributed by atoms with van der Waals surface area (Å²) in [5.41, 5.74) is 5.14. The first kappa shape index (κ1) is 22.9. The highest BCUT2D eigenvalue weighted by atomic mass is 32.1. The molecule has 0 aliphatic heterocycles. The number of phenols is 1. The molecular weight excluding hydrogens is 418 g/mol. The maximum Gasteiger partial charge on any atom is 0.163 e. The van der Waals surface area contributed by atoms with Gasteiger partial charge >= 0.3 is 0 Å². The fraction of sp³-hybridized carbons (Fsp3) is 0.481. The average molecular weight is 452 g/mol. The van der Waals surface area contributed by atoms with Crippen LogP contribution in [0.2, 0.25) is 0 Å². The Morgan fingerprint density at radius 3 is 2.59 bits per heavy atom. The average Bonchev–Trinajstić information content (AvgIpc) is 3.08. The molecule has 0 radical (unpaired) electrons. The lowest BCUT2D eigenvalue weighted by Crippen LogP contribution is -2.27. The number of aryl methyl sites for hydroxylation is 4. The van der Waals surface area contributed by atoms with Gasteiger partial charge in [-0.3, -0.25) is 4.79 Å². The van der Waals surface area contributed by atoms with Crippen molar-refractivity contribution in [2.75, 3.05) is 0 Å². The number of benzene rings is 1. The number of aromatic nitrogens is 1. The quantitative estimate of drug-likeness (QED) is 0.460. The van der Waals surface area contributed by atoms with E-state index in [1.807, 2.05) is 39.8 Å². The molecule has 170 valence electrons. The Morgan fingerprint density at radius 2 is 1.97 bits per heavy atom. The van der Waals surface area contributed by atoms with Crippen molar-refractivity contribution >= 4 is 27.3 Å². The van der Waals surface area contributed by atoms with Crippen LogP contribution in [0.5, 0.6) is 5.75 Å². The van der Waals surface area contributed by atoms with Crippen molar-refractivity contribution in [2.24, 2.45) is 0 Å². The first-order chi connectivity index (χ1) is 15.1. The maximum atomic E-state index is 12.9. The molecule has 1 aromatic carbocycles. The molecular formula is C27H33NO3S. The van der Waals surface area contributed by atoms with Gasteiger partial charge in [0.15, 0.2) is 5.78 Å². The molecule has 2 heterocycles. The van der Waals surface area contributed by atoms with Crippen LogP contribution < -0.4 is 0 Å². The molecule has 0 saturated heterocycles. The number of carbonyl (C=O) groups is 1. The van der Waals surface area contributed by atoms with Crippen LogP contribution in [0.25, 0.3) is 21.3 Å². The van der Waals surface area contributed by atoms with E-state index in [2.05, 4.69) is 13.0 Å². The first-order valence-electron chi connectivity index (χ1n) is 11.6. The summed E-state index contributed by atoms with van der Waals surface area (Å²) in [6.45, 7) is 11.5. The number of ketones is 1. The minimum atomic E-state index is -0.744. The van der Waals surface area contributed by atoms with E-state index in [4.69, 9.17) is 9.72 Å². The van der Waals surface area contributed by atoms with Gasteiger partial charge in [0.05, 0.1) is 5.60 Å². The van der Waals surface area contributed by atoms with Crippen LogP contribution in [0.4, 0.5) is 0 Å². The molecule has 0 saturated carbocycles. The molecule has 1 aliphatic carbocycles. The lowest BCUT2D eigenvalue weighted by Gasteiger charge is -2.29. The standard InChI is InChI=1S/C27H33NO3S/c1-7-17-12-13-18(20(30)14-17)23-22(25(16(3)29)31-27(4,5)6)15(2)28-26-24(23)19-10-8-9-11-21(19)32-26/h12-14,25,30H,7-11H2,1-6H3. The first-order valence-corrected chi connectivity index (χ1v) is 12.4. The van der Waals surface area contributed by atoms with E-state index < -0.39 is 11.7 Å². The van der Waals surface area contributed by atoms with E-state index in [0.717, 1.165) is 63.8 Å². The van der Waals surface area contributed by atoms with Crippen molar-refractivity contribution in [3.63, 3.8) is 0 Å². The molecule has 32 heavy (non-hydrogen) atoms. The zero-order valence-electron chi connectivity index (χ0n) is 20.0. The largest absolute Gasteiger partial charge is 0.507 e. The predicted octanol–water partition coefficient (Wildman–Crippen LogP) is 6.86. The highest BCUT2D eigenvalue weighted by Gasteiger charge is 2.33. The Kier molecular flexibility index (Phi) is 6.17. The van der Waals surface area contributed by atoms with E-state index in [-0.39, 0.29) is 11.5 Å². The van der Waals surface area contributed by atoms with Crippen LogP contribution in [0, 0.1) is 6.92 Å². The monoisotopic (exact) mass is 451 g/mol. The van der Waals surface area contributed by atoms with Crippen molar-refractivity contribution < 1.29 is 14.6 Å². The van der Waals surface area contributed by atoms with Crippen molar-refractivity contribution in [1.82, 2.24) is 4.98 Å². The second-order valence-electron chi connectivity index (χ2n) is 9.80. The van der Waals surface area contributed by atoms with Crippen molar-refractivity contribution in [2.45, 2.75) is 85.4 Å². The third-order valence-corrected chi connectivity index (χ3v) is 7.36. The summed E-state index contributed by atoms with van der Waals surface area (Å²) in [5.74, 6) is 0.186. The molecule has 1 aliphatic rings. The molecule has 1 atom stereocenters. The summed E-state index contributed by atoms with van der Waals surface area (Å²) in [5, 5.41) is 12.2. The second kappa shape index (κ2) is 8.60. The summed E-state index contributed by atoms with van der Waals surface area (Å²) in [4.78, 5) is 20.2.